The highest BCUT2D eigenvalue weighted by Crippen LogP contribution is 2.32. The lowest BCUT2D eigenvalue weighted by molar-refractivity contribution is 0.204. The van der Waals surface area contributed by atoms with Crippen molar-refractivity contribution in [2.75, 3.05) is 7.11 Å². The Morgan fingerprint density at radius 2 is 2.17 bits per heavy atom. The van der Waals surface area contributed by atoms with E-state index in [0.717, 1.165) is 4.47 Å². The number of rotatable bonds is 3. The van der Waals surface area contributed by atoms with Gasteiger partial charge in [-0.3, -0.25) is 4.68 Å². The van der Waals surface area contributed by atoms with Crippen LogP contribution in [0.15, 0.2) is 28.9 Å². The first-order valence-corrected chi connectivity index (χ1v) is 6.40. The summed E-state index contributed by atoms with van der Waals surface area (Å²) in [5.41, 5.74) is 1.27. The Morgan fingerprint density at radius 1 is 1.44 bits per heavy atom. The SMILES string of the molecule is COc1cnn(C)c1C(O)c1cc(Cl)cc(Br)c1. The van der Waals surface area contributed by atoms with Crippen LogP contribution in [-0.2, 0) is 7.05 Å². The molecule has 4 nitrogen and oxygen atoms in total. The summed E-state index contributed by atoms with van der Waals surface area (Å²) in [5.74, 6) is 0.543. The number of aliphatic hydroxyl groups is 1. The van der Waals surface area contributed by atoms with Crippen molar-refractivity contribution >= 4 is 27.5 Å². The van der Waals surface area contributed by atoms with Crippen LogP contribution in [0.1, 0.15) is 17.4 Å². The minimum atomic E-state index is -0.845. The Balaban J connectivity index is 2.47. The zero-order chi connectivity index (χ0) is 13.3. The van der Waals surface area contributed by atoms with Gasteiger partial charge in [0.15, 0.2) is 5.75 Å². The number of hydrogen-bond acceptors (Lipinski definition) is 3. The van der Waals surface area contributed by atoms with Gasteiger partial charge in [-0.1, -0.05) is 27.5 Å². The van der Waals surface area contributed by atoms with Crippen LogP contribution in [0.5, 0.6) is 5.75 Å². The fraction of sp³-hybridized carbons (Fsp3) is 0.250. The highest BCUT2D eigenvalue weighted by atomic mass is 79.9. The summed E-state index contributed by atoms with van der Waals surface area (Å²) in [5, 5.41) is 15.0. The normalized spacial score (nSPS) is 12.5. The molecule has 1 aromatic heterocycles. The van der Waals surface area contributed by atoms with Gasteiger partial charge in [-0.2, -0.15) is 5.10 Å². The number of benzene rings is 1. The molecule has 0 saturated heterocycles. The highest BCUT2D eigenvalue weighted by Gasteiger charge is 2.20. The molecule has 2 aromatic rings. The number of aliphatic hydroxyl groups excluding tert-OH is 1. The zero-order valence-corrected chi connectivity index (χ0v) is 12.2. The fourth-order valence-electron chi connectivity index (χ4n) is 1.79. The first-order chi connectivity index (χ1) is 8.52. The van der Waals surface area contributed by atoms with E-state index in [0.29, 0.717) is 22.0 Å². The van der Waals surface area contributed by atoms with Crippen LogP contribution in [0.25, 0.3) is 0 Å². The van der Waals surface area contributed by atoms with E-state index in [2.05, 4.69) is 21.0 Å². The summed E-state index contributed by atoms with van der Waals surface area (Å²) in [6.07, 6.45) is 0.723. The van der Waals surface area contributed by atoms with E-state index < -0.39 is 6.10 Å². The third kappa shape index (κ3) is 2.53. The van der Waals surface area contributed by atoms with E-state index in [1.165, 1.54) is 0 Å². The molecule has 1 aromatic carbocycles. The first-order valence-electron chi connectivity index (χ1n) is 5.23. The van der Waals surface area contributed by atoms with E-state index in [9.17, 15) is 5.11 Å². The van der Waals surface area contributed by atoms with E-state index in [1.807, 2.05) is 6.07 Å². The van der Waals surface area contributed by atoms with Gasteiger partial charge >= 0.3 is 0 Å². The van der Waals surface area contributed by atoms with Crippen LogP contribution >= 0.6 is 27.5 Å². The highest BCUT2D eigenvalue weighted by molar-refractivity contribution is 9.10. The average molecular weight is 332 g/mol. The summed E-state index contributed by atoms with van der Waals surface area (Å²) < 4.78 is 7.57. The van der Waals surface area contributed by atoms with Crippen LogP contribution in [0.4, 0.5) is 0 Å². The standard InChI is InChI=1S/C12H12BrClN2O2/c1-16-11(10(18-2)6-15-16)12(17)7-3-8(13)5-9(14)4-7/h3-6,12,17H,1-2H3. The molecule has 1 atom stereocenters. The Labute approximate surface area is 118 Å². The molecule has 1 N–H and O–H groups in total. The van der Waals surface area contributed by atoms with Gasteiger partial charge in [-0.05, 0) is 23.8 Å². The molecule has 2 rings (SSSR count). The Hall–Kier alpha value is -1.04. The van der Waals surface area contributed by atoms with Crippen molar-refractivity contribution < 1.29 is 9.84 Å². The molecule has 0 aliphatic rings. The number of aryl methyl sites for hydroxylation is 1. The summed E-state index contributed by atoms with van der Waals surface area (Å²) in [6, 6.07) is 5.28. The van der Waals surface area contributed by atoms with E-state index in [-0.39, 0.29) is 0 Å². The summed E-state index contributed by atoms with van der Waals surface area (Å²) in [4.78, 5) is 0. The van der Waals surface area contributed by atoms with Crippen LogP contribution in [0.3, 0.4) is 0 Å². The number of ether oxygens (including phenoxy) is 1. The second-order valence-electron chi connectivity index (χ2n) is 3.83. The Bertz CT molecular complexity index is 551. The summed E-state index contributed by atoms with van der Waals surface area (Å²) in [7, 11) is 3.29. The maximum Gasteiger partial charge on any atom is 0.162 e. The quantitative estimate of drug-likeness (QED) is 0.940. The number of nitrogens with zero attached hydrogens (tertiary/aromatic N) is 2. The number of aromatic nitrogens is 2. The molecule has 0 radical (unpaired) electrons. The van der Waals surface area contributed by atoms with Gasteiger partial charge in [0.2, 0.25) is 0 Å². The topological polar surface area (TPSA) is 47.3 Å². The molecular formula is C12H12BrClN2O2. The third-order valence-electron chi connectivity index (χ3n) is 2.63. The molecule has 1 heterocycles. The number of halogens is 2. The molecule has 0 aliphatic carbocycles. The van der Waals surface area contributed by atoms with Crippen molar-refractivity contribution in [1.29, 1.82) is 0 Å². The van der Waals surface area contributed by atoms with Gasteiger partial charge in [0.1, 0.15) is 11.8 Å². The van der Waals surface area contributed by atoms with Crippen LogP contribution in [0.2, 0.25) is 5.02 Å². The first kappa shape index (κ1) is 13.4. The average Bonchev–Trinajstić information content (AvgIpc) is 2.68. The molecule has 1 unspecified atom stereocenters. The molecule has 6 heteroatoms. The lowest BCUT2D eigenvalue weighted by Crippen LogP contribution is -2.08. The minimum Gasteiger partial charge on any atom is -0.493 e. The van der Waals surface area contributed by atoms with Crippen molar-refractivity contribution in [3.63, 3.8) is 0 Å². The van der Waals surface area contributed by atoms with E-state index >= 15 is 0 Å². The smallest absolute Gasteiger partial charge is 0.162 e. The maximum atomic E-state index is 10.4. The predicted octanol–water partition coefficient (Wildman–Crippen LogP) is 2.93. The van der Waals surface area contributed by atoms with Crippen molar-refractivity contribution in [2.24, 2.45) is 7.05 Å². The van der Waals surface area contributed by atoms with Crippen LogP contribution < -0.4 is 4.74 Å². The number of hydrogen-bond donors (Lipinski definition) is 1. The molecule has 0 fully saturated rings. The molecule has 0 saturated carbocycles. The third-order valence-corrected chi connectivity index (χ3v) is 3.30. The van der Waals surface area contributed by atoms with E-state index in [4.69, 9.17) is 16.3 Å². The van der Waals surface area contributed by atoms with E-state index in [1.54, 1.807) is 37.2 Å². The molecular weight excluding hydrogens is 320 g/mol. The van der Waals surface area contributed by atoms with Crippen molar-refractivity contribution in [2.45, 2.75) is 6.10 Å². The van der Waals surface area contributed by atoms with Crippen LogP contribution in [0, 0.1) is 0 Å². The fourth-order valence-corrected chi connectivity index (χ4v) is 2.67. The molecule has 96 valence electrons. The second kappa shape index (κ2) is 5.30. The summed E-state index contributed by atoms with van der Waals surface area (Å²) in [6.45, 7) is 0. The molecule has 0 aliphatic heterocycles. The number of methoxy groups -OCH3 is 1. The van der Waals surface area contributed by atoms with Gasteiger partial charge < -0.3 is 9.84 Å². The van der Waals surface area contributed by atoms with Crippen molar-refractivity contribution in [3.8, 4) is 5.75 Å². The minimum absolute atomic E-state index is 0.543. The van der Waals surface area contributed by atoms with Crippen LogP contribution in [-0.4, -0.2) is 22.0 Å². The predicted molar refractivity (Wildman–Crippen MR) is 73.0 cm³/mol. The van der Waals surface area contributed by atoms with Gasteiger partial charge in [-0.15, -0.1) is 0 Å². The maximum absolute atomic E-state index is 10.4. The van der Waals surface area contributed by atoms with Gasteiger partial charge in [0.05, 0.1) is 13.3 Å². The van der Waals surface area contributed by atoms with Gasteiger partial charge in [0, 0.05) is 16.5 Å². The zero-order valence-electron chi connectivity index (χ0n) is 9.89. The lowest BCUT2D eigenvalue weighted by atomic mass is 10.1. The van der Waals surface area contributed by atoms with Gasteiger partial charge in [0.25, 0.3) is 0 Å². The second-order valence-corrected chi connectivity index (χ2v) is 5.18. The summed E-state index contributed by atoms with van der Waals surface area (Å²) >= 11 is 9.32. The molecule has 0 amide bonds. The lowest BCUT2D eigenvalue weighted by Gasteiger charge is -2.14. The molecule has 18 heavy (non-hydrogen) atoms. The van der Waals surface area contributed by atoms with Gasteiger partial charge in [-0.25, -0.2) is 0 Å². The monoisotopic (exact) mass is 330 g/mol. The van der Waals surface area contributed by atoms with Crippen molar-refractivity contribution in [1.82, 2.24) is 9.78 Å². The Morgan fingerprint density at radius 3 is 2.78 bits per heavy atom. The van der Waals surface area contributed by atoms with Crippen molar-refractivity contribution in [3.05, 3.63) is 45.1 Å². The largest absolute Gasteiger partial charge is 0.493 e. The Kier molecular flexibility index (Phi) is 3.94. The molecule has 0 spiro atoms. The molecule has 0 bridgehead atoms.